The lowest BCUT2D eigenvalue weighted by molar-refractivity contribution is -0.0509. The Morgan fingerprint density at radius 2 is 1.88 bits per heavy atom. The fourth-order valence-corrected chi connectivity index (χ4v) is 8.50. The van der Waals surface area contributed by atoms with Crippen LogP contribution in [-0.4, -0.2) is 62.8 Å². The summed E-state index contributed by atoms with van der Waals surface area (Å²) in [6.45, 7) is 4.64. The second kappa shape index (κ2) is 11.4. The van der Waals surface area contributed by atoms with Crippen molar-refractivity contribution in [2.75, 3.05) is 26.8 Å². The van der Waals surface area contributed by atoms with Crippen LogP contribution in [0, 0.1) is 38.5 Å². The first-order chi connectivity index (χ1) is 20.0. The Bertz CT molecular complexity index is 1450. The van der Waals surface area contributed by atoms with Crippen molar-refractivity contribution in [3.8, 4) is 0 Å². The zero-order chi connectivity index (χ0) is 29.8. The Kier molecular flexibility index (Phi) is 7.92. The van der Waals surface area contributed by atoms with Crippen LogP contribution < -0.4 is 10.0 Å². The molecule has 0 bridgehead atoms. The van der Waals surface area contributed by atoms with Crippen LogP contribution in [0.3, 0.4) is 0 Å². The molecule has 3 heterocycles. The summed E-state index contributed by atoms with van der Waals surface area (Å²) in [4.78, 5) is 19.4. The zero-order valence-corrected chi connectivity index (χ0v) is 25.2. The molecule has 0 spiro atoms. The molecule has 3 aliphatic rings. The molecule has 12 heteroatoms. The Morgan fingerprint density at radius 3 is 2.52 bits per heavy atom. The number of nitrogens with zero attached hydrogens (tertiary/aromatic N) is 4. The first-order valence-corrected chi connectivity index (χ1v) is 15.7. The van der Waals surface area contributed by atoms with Crippen molar-refractivity contribution in [2.24, 2.45) is 17.8 Å². The summed E-state index contributed by atoms with van der Waals surface area (Å²) in [5.41, 5.74) is 4.92. The van der Waals surface area contributed by atoms with E-state index in [9.17, 15) is 18.1 Å². The smallest absolute Gasteiger partial charge is 0.318 e. The maximum Gasteiger partial charge on any atom is 0.318 e. The second-order valence-electron chi connectivity index (χ2n) is 12.3. The predicted molar refractivity (Wildman–Crippen MR) is 155 cm³/mol. The minimum absolute atomic E-state index is 0.0260. The molecule has 2 aromatic heterocycles. The third kappa shape index (κ3) is 5.61. The number of carbonyl (C=O) groups excluding carboxylic acids is 1. The van der Waals surface area contributed by atoms with Crippen molar-refractivity contribution in [3.63, 3.8) is 0 Å². The Labute approximate surface area is 247 Å². The number of aryl methyl sites for hydroxylation is 3. The average Bonchev–Trinajstić information content (AvgIpc) is 3.46. The van der Waals surface area contributed by atoms with Crippen LogP contribution in [0.15, 0.2) is 35.5 Å². The Hall–Kier alpha value is -2.80. The molecule has 2 saturated carbocycles. The lowest BCUT2D eigenvalue weighted by atomic mass is 9.77. The number of methoxy groups -OCH3 is 1. The molecule has 42 heavy (non-hydrogen) atoms. The summed E-state index contributed by atoms with van der Waals surface area (Å²) >= 11 is -1.45. The molecule has 2 N–H and O–H groups in total. The van der Waals surface area contributed by atoms with Crippen LogP contribution in [0.4, 0.5) is 13.6 Å². The van der Waals surface area contributed by atoms with Gasteiger partial charge < -0.3 is 19.5 Å². The number of hydrogen-bond donors (Lipinski definition) is 2. The van der Waals surface area contributed by atoms with Gasteiger partial charge in [-0.15, -0.1) is 4.72 Å². The third-order valence-corrected chi connectivity index (χ3v) is 10.7. The molecule has 226 valence electrons. The zero-order valence-electron chi connectivity index (χ0n) is 24.4. The van der Waals surface area contributed by atoms with Gasteiger partial charge in [0.2, 0.25) is 0 Å². The number of imidazole rings is 1. The highest BCUT2D eigenvalue weighted by atomic mass is 32.2. The van der Waals surface area contributed by atoms with Crippen molar-refractivity contribution in [1.29, 1.82) is 0 Å². The number of carbonyl (C=O) groups is 1. The largest absolute Gasteiger partial charge is 0.593 e. The highest BCUT2D eigenvalue weighted by Crippen LogP contribution is 2.53. The summed E-state index contributed by atoms with van der Waals surface area (Å²) in [5.74, 6) is -1.36. The number of alkyl halides is 2. The van der Waals surface area contributed by atoms with Crippen LogP contribution >= 0.6 is 0 Å². The number of benzene rings is 1. The molecule has 1 unspecified atom stereocenters. The fourth-order valence-electron chi connectivity index (χ4n) is 7.14. The minimum Gasteiger partial charge on any atom is -0.593 e. The second-order valence-corrected chi connectivity index (χ2v) is 13.5. The van der Waals surface area contributed by atoms with Crippen LogP contribution in [0.1, 0.15) is 65.7 Å². The van der Waals surface area contributed by atoms with E-state index in [0.717, 1.165) is 45.0 Å². The number of urea groups is 1. The van der Waals surface area contributed by atoms with E-state index in [1.807, 2.05) is 27.0 Å². The van der Waals surface area contributed by atoms with E-state index in [1.165, 1.54) is 20.0 Å². The fraction of sp³-hybridized carbons (Fsp3) is 0.567. The van der Waals surface area contributed by atoms with Gasteiger partial charge in [0.05, 0.1) is 61.2 Å². The third-order valence-electron chi connectivity index (χ3n) is 9.21. The van der Waals surface area contributed by atoms with Crippen LogP contribution in [0.5, 0.6) is 0 Å². The highest BCUT2D eigenvalue weighted by Gasteiger charge is 2.46. The van der Waals surface area contributed by atoms with Gasteiger partial charge in [0.1, 0.15) is 0 Å². The van der Waals surface area contributed by atoms with Crippen molar-refractivity contribution in [1.82, 2.24) is 29.5 Å². The van der Waals surface area contributed by atoms with Gasteiger partial charge in [-0.1, -0.05) is 17.7 Å². The van der Waals surface area contributed by atoms with Gasteiger partial charge in [-0.3, -0.25) is 0 Å². The Balaban J connectivity index is 1.32. The van der Waals surface area contributed by atoms with E-state index in [1.54, 1.807) is 16.8 Å². The molecular weight excluding hydrogens is 562 g/mol. The number of ether oxygens (including phenoxy) is 1. The van der Waals surface area contributed by atoms with E-state index < -0.39 is 42.4 Å². The molecule has 9 nitrogen and oxygen atoms in total. The number of fused-ring (bicyclic) bond motifs is 2. The van der Waals surface area contributed by atoms with Crippen molar-refractivity contribution >= 4 is 23.0 Å². The maximum absolute atomic E-state index is 14.2. The van der Waals surface area contributed by atoms with Crippen molar-refractivity contribution in [2.45, 2.75) is 69.4 Å². The number of hydrogen-bond acceptors (Lipinski definition) is 6. The van der Waals surface area contributed by atoms with Gasteiger partial charge >= 0.3 is 6.03 Å². The average molecular weight is 601 g/mol. The first-order valence-electron chi connectivity index (χ1n) is 14.5. The molecule has 2 aliphatic carbocycles. The molecule has 6 atom stereocenters. The van der Waals surface area contributed by atoms with E-state index in [2.05, 4.69) is 27.3 Å². The molecule has 6 rings (SSSR count). The van der Waals surface area contributed by atoms with E-state index in [4.69, 9.17) is 9.72 Å². The van der Waals surface area contributed by atoms with E-state index >= 15 is 0 Å². The monoisotopic (exact) mass is 600 g/mol. The van der Waals surface area contributed by atoms with Gasteiger partial charge in [0.25, 0.3) is 5.92 Å². The Morgan fingerprint density at radius 1 is 1.19 bits per heavy atom. The van der Waals surface area contributed by atoms with E-state index in [-0.39, 0.29) is 18.6 Å². The molecule has 1 saturated heterocycles. The molecule has 2 amide bonds. The van der Waals surface area contributed by atoms with Gasteiger partial charge in [0, 0.05) is 23.8 Å². The van der Waals surface area contributed by atoms with E-state index in [0.29, 0.717) is 23.0 Å². The van der Waals surface area contributed by atoms with Crippen LogP contribution in [0.25, 0.3) is 5.65 Å². The quantitative estimate of drug-likeness (QED) is 0.342. The molecule has 1 aliphatic heterocycles. The molecule has 0 radical (unpaired) electrons. The number of amides is 2. The lowest BCUT2D eigenvalue weighted by Gasteiger charge is -2.38. The number of rotatable bonds is 9. The number of nitrogens with one attached hydrogen (secondary N) is 2. The normalized spacial score (nSPS) is 25.5. The van der Waals surface area contributed by atoms with Gasteiger partial charge in [-0.2, -0.15) is 5.10 Å². The topological polar surface area (TPSA) is 107 Å². The van der Waals surface area contributed by atoms with Crippen LogP contribution in [0.2, 0.25) is 0 Å². The van der Waals surface area contributed by atoms with Gasteiger partial charge in [-0.05, 0) is 70.3 Å². The number of halogens is 2. The summed E-state index contributed by atoms with van der Waals surface area (Å²) in [6.07, 6.45) is 8.03. The van der Waals surface area contributed by atoms with Crippen LogP contribution in [-0.2, 0) is 16.1 Å². The SMILES string of the molecule is COC[C@H](c1cnn2cc([C@@H](N[S@@+]([O-])c3c(C)cc(C)cc3C)C3C[C@H]4CC[C@H]4C3)nc2c1)N1CC(F)(F)CNC1=O. The molecular formula is C30H38F2N6O3S. The standard InChI is InChI=1S/C30H38F2N6O3S/c1-17-7-18(2)28(19(3)8-17)42(40)36-27(22-9-20-5-6-21(20)10-22)24-13-38-26(35-24)11-23(12-34-38)25(14-41-4)37-16-30(31,32)15-33-29(37)39/h7-8,11-13,20-22,25,27,36H,5-6,9-10,14-16H2,1-4H3,(H,33,39)/t20-,21+,22?,25-,27+,42+/m1/s1. The van der Waals surface area contributed by atoms with Gasteiger partial charge in [0.15, 0.2) is 10.5 Å². The van der Waals surface area contributed by atoms with Gasteiger partial charge in [-0.25, -0.2) is 23.1 Å². The lowest BCUT2D eigenvalue weighted by Crippen LogP contribution is -2.58. The summed E-state index contributed by atoms with van der Waals surface area (Å²) in [7, 11) is 1.47. The molecule has 3 aromatic rings. The predicted octanol–water partition coefficient (Wildman–Crippen LogP) is 4.79. The summed E-state index contributed by atoms with van der Waals surface area (Å²) < 4.78 is 52.7. The minimum atomic E-state index is -3.05. The maximum atomic E-state index is 14.2. The highest BCUT2D eigenvalue weighted by molar-refractivity contribution is 7.89. The van der Waals surface area contributed by atoms with Crippen molar-refractivity contribution < 1.29 is 22.9 Å². The first kappa shape index (κ1) is 29.3. The number of aromatic nitrogens is 3. The molecule has 3 fully saturated rings. The van der Waals surface area contributed by atoms with Crippen molar-refractivity contribution in [3.05, 3.63) is 58.5 Å². The molecule has 1 aromatic carbocycles. The summed E-state index contributed by atoms with van der Waals surface area (Å²) in [6, 6.07) is 4.29. The summed E-state index contributed by atoms with van der Waals surface area (Å²) in [5, 5.41) is 6.81.